The van der Waals surface area contributed by atoms with Crippen molar-refractivity contribution in [3.05, 3.63) is 65.7 Å². The van der Waals surface area contributed by atoms with Crippen LogP contribution in [-0.2, 0) is 14.9 Å². The Morgan fingerprint density at radius 3 is 2.52 bits per heavy atom. The van der Waals surface area contributed by atoms with Crippen molar-refractivity contribution in [2.75, 3.05) is 26.8 Å². The van der Waals surface area contributed by atoms with Gasteiger partial charge in [0.1, 0.15) is 18.5 Å². The van der Waals surface area contributed by atoms with Crippen LogP contribution in [0.2, 0.25) is 0 Å². The highest BCUT2D eigenvalue weighted by atomic mass is 16.6. The van der Waals surface area contributed by atoms with Crippen LogP contribution in [0.3, 0.4) is 0 Å². The number of carbonyl (C=O) groups excluding carboxylic acids is 2. The second kappa shape index (κ2) is 10.4. The van der Waals surface area contributed by atoms with E-state index in [-0.39, 0.29) is 23.4 Å². The molecule has 8 nitrogen and oxygen atoms in total. The van der Waals surface area contributed by atoms with E-state index >= 15 is 0 Å². The molecular weight excluding hydrogens is 422 g/mol. The van der Waals surface area contributed by atoms with Gasteiger partial charge in [0.2, 0.25) is 0 Å². The van der Waals surface area contributed by atoms with Crippen LogP contribution in [0.25, 0.3) is 0 Å². The second-order valence-corrected chi connectivity index (χ2v) is 8.29. The molecule has 33 heavy (non-hydrogen) atoms. The highest BCUT2D eigenvalue weighted by Crippen LogP contribution is 2.40. The number of benzene rings is 2. The minimum absolute atomic E-state index is 0.169. The number of amidine groups is 1. The van der Waals surface area contributed by atoms with Crippen molar-refractivity contribution < 1.29 is 23.8 Å². The minimum Gasteiger partial charge on any atom is -0.496 e. The summed E-state index contributed by atoms with van der Waals surface area (Å²) in [4.78, 5) is 29.1. The Kier molecular flexibility index (Phi) is 7.12. The quantitative estimate of drug-likeness (QED) is 0.701. The van der Waals surface area contributed by atoms with Crippen molar-refractivity contribution in [2.24, 2.45) is 4.99 Å². The third-order valence-electron chi connectivity index (χ3n) is 6.28. The van der Waals surface area contributed by atoms with E-state index in [4.69, 9.17) is 14.2 Å². The first-order valence-electron chi connectivity index (χ1n) is 11.2. The summed E-state index contributed by atoms with van der Waals surface area (Å²) in [5.74, 6) is 0.376. The van der Waals surface area contributed by atoms with E-state index in [2.05, 4.69) is 27.8 Å². The molecular formula is C25H29N3O5. The number of nitrogens with zero attached hydrogens (tertiary/aromatic N) is 1. The summed E-state index contributed by atoms with van der Waals surface area (Å²) in [5.41, 5.74) is 1.43. The fourth-order valence-electron chi connectivity index (χ4n) is 4.48. The van der Waals surface area contributed by atoms with Gasteiger partial charge in [-0.25, -0.2) is 15.1 Å². The Labute approximate surface area is 193 Å². The Morgan fingerprint density at radius 2 is 1.82 bits per heavy atom. The molecule has 1 aliphatic heterocycles. The van der Waals surface area contributed by atoms with Gasteiger partial charge < -0.3 is 19.5 Å². The summed E-state index contributed by atoms with van der Waals surface area (Å²) < 4.78 is 16.1. The van der Waals surface area contributed by atoms with Gasteiger partial charge >= 0.3 is 6.09 Å². The third kappa shape index (κ3) is 5.45. The van der Waals surface area contributed by atoms with Crippen LogP contribution in [0.4, 0.5) is 4.79 Å². The number of ether oxygens (including phenoxy) is 3. The smallest absolute Gasteiger partial charge is 0.415 e. The SMILES string of the molecule is COc1ccccc1C(=O)NCC1(c2ccccc2)CCC(OC(=O)NC2=NCCO2)CC1. The molecule has 2 amide bonds. The molecule has 0 atom stereocenters. The van der Waals surface area contributed by atoms with E-state index in [0.29, 0.717) is 43.9 Å². The standard InChI is InChI=1S/C25H29N3O5/c1-31-21-10-6-5-9-20(21)22(29)27-17-25(18-7-3-2-4-8-18)13-11-19(12-14-25)33-24(30)28-23-26-15-16-32-23/h2-10,19H,11-17H2,1H3,(H,27,29)(H,26,28,30). The van der Waals surface area contributed by atoms with Crippen LogP contribution in [-0.4, -0.2) is 50.9 Å². The summed E-state index contributed by atoms with van der Waals surface area (Å²) in [7, 11) is 1.56. The molecule has 0 bridgehead atoms. The fourth-order valence-corrected chi connectivity index (χ4v) is 4.48. The van der Waals surface area contributed by atoms with Crippen molar-refractivity contribution in [1.29, 1.82) is 0 Å². The van der Waals surface area contributed by atoms with Crippen LogP contribution in [0, 0.1) is 0 Å². The number of aliphatic imine (C=N–C) groups is 1. The summed E-state index contributed by atoms with van der Waals surface area (Å²) in [6.07, 6.45) is 2.20. The third-order valence-corrected chi connectivity index (χ3v) is 6.28. The lowest BCUT2D eigenvalue weighted by molar-refractivity contribution is 0.0584. The average Bonchev–Trinajstić information content (AvgIpc) is 3.37. The molecule has 2 N–H and O–H groups in total. The zero-order valence-corrected chi connectivity index (χ0v) is 18.7. The Morgan fingerprint density at radius 1 is 1.09 bits per heavy atom. The van der Waals surface area contributed by atoms with Crippen LogP contribution >= 0.6 is 0 Å². The molecule has 1 aliphatic carbocycles. The van der Waals surface area contributed by atoms with E-state index in [9.17, 15) is 9.59 Å². The van der Waals surface area contributed by atoms with E-state index in [1.807, 2.05) is 30.3 Å². The van der Waals surface area contributed by atoms with E-state index in [1.54, 1.807) is 19.2 Å². The first-order valence-corrected chi connectivity index (χ1v) is 11.2. The molecule has 2 aromatic carbocycles. The van der Waals surface area contributed by atoms with Crippen LogP contribution < -0.4 is 15.4 Å². The fraction of sp³-hybridized carbons (Fsp3) is 0.400. The molecule has 2 aliphatic rings. The lowest BCUT2D eigenvalue weighted by Crippen LogP contribution is -2.45. The predicted octanol–water partition coefficient (Wildman–Crippen LogP) is 3.42. The van der Waals surface area contributed by atoms with Gasteiger partial charge in [-0.2, -0.15) is 0 Å². The average molecular weight is 452 g/mol. The van der Waals surface area contributed by atoms with Crippen LogP contribution in [0.1, 0.15) is 41.6 Å². The lowest BCUT2D eigenvalue weighted by Gasteiger charge is -2.40. The molecule has 1 fully saturated rings. The first-order chi connectivity index (χ1) is 16.1. The van der Waals surface area contributed by atoms with Crippen molar-refractivity contribution in [3.8, 4) is 5.75 Å². The van der Waals surface area contributed by atoms with Gasteiger partial charge in [0.15, 0.2) is 0 Å². The van der Waals surface area contributed by atoms with E-state index < -0.39 is 6.09 Å². The molecule has 0 spiro atoms. The maximum atomic E-state index is 12.9. The van der Waals surface area contributed by atoms with Gasteiger partial charge in [0, 0.05) is 12.0 Å². The van der Waals surface area contributed by atoms with Gasteiger partial charge in [-0.3, -0.25) is 4.79 Å². The molecule has 174 valence electrons. The number of amides is 2. The molecule has 0 saturated heterocycles. The number of carbonyl (C=O) groups is 2. The summed E-state index contributed by atoms with van der Waals surface area (Å²) in [6.45, 7) is 1.50. The predicted molar refractivity (Wildman–Crippen MR) is 124 cm³/mol. The van der Waals surface area contributed by atoms with E-state index in [1.165, 1.54) is 5.56 Å². The molecule has 1 heterocycles. The van der Waals surface area contributed by atoms with Crippen molar-refractivity contribution in [2.45, 2.75) is 37.2 Å². The summed E-state index contributed by atoms with van der Waals surface area (Å²) in [6, 6.07) is 17.6. The first kappa shape index (κ1) is 22.6. The maximum Gasteiger partial charge on any atom is 0.415 e. The number of alkyl carbamates (subject to hydrolysis) is 1. The Bertz CT molecular complexity index is 1000. The number of rotatable bonds is 6. The van der Waals surface area contributed by atoms with Gasteiger partial charge in [-0.1, -0.05) is 42.5 Å². The molecule has 2 aromatic rings. The molecule has 0 aromatic heterocycles. The zero-order chi connectivity index (χ0) is 23.1. The summed E-state index contributed by atoms with van der Waals surface area (Å²) in [5, 5.41) is 5.66. The monoisotopic (exact) mass is 451 g/mol. The van der Waals surface area contributed by atoms with Gasteiger partial charge in [-0.05, 0) is 43.4 Å². The number of hydrogen-bond donors (Lipinski definition) is 2. The lowest BCUT2D eigenvalue weighted by atomic mass is 9.68. The molecule has 1 saturated carbocycles. The van der Waals surface area contributed by atoms with Crippen molar-refractivity contribution >= 4 is 18.0 Å². The maximum absolute atomic E-state index is 12.9. The van der Waals surface area contributed by atoms with Gasteiger partial charge in [0.25, 0.3) is 11.9 Å². The number of methoxy groups -OCH3 is 1. The number of nitrogens with one attached hydrogen (secondary N) is 2. The summed E-state index contributed by atoms with van der Waals surface area (Å²) >= 11 is 0. The highest BCUT2D eigenvalue weighted by Gasteiger charge is 2.38. The van der Waals surface area contributed by atoms with Crippen LogP contribution in [0.15, 0.2) is 59.6 Å². The van der Waals surface area contributed by atoms with Gasteiger partial charge in [-0.15, -0.1) is 0 Å². The highest BCUT2D eigenvalue weighted by molar-refractivity contribution is 5.97. The van der Waals surface area contributed by atoms with Crippen molar-refractivity contribution in [1.82, 2.24) is 10.6 Å². The zero-order valence-electron chi connectivity index (χ0n) is 18.7. The molecule has 0 radical (unpaired) electrons. The Balaban J connectivity index is 1.41. The molecule has 8 heteroatoms. The number of hydrogen-bond acceptors (Lipinski definition) is 6. The van der Waals surface area contributed by atoms with Gasteiger partial charge in [0.05, 0.1) is 19.2 Å². The molecule has 0 unspecified atom stereocenters. The molecule has 4 rings (SSSR count). The normalized spacial score (nSPS) is 22.0. The van der Waals surface area contributed by atoms with E-state index in [0.717, 1.165) is 12.8 Å². The second-order valence-electron chi connectivity index (χ2n) is 8.29. The largest absolute Gasteiger partial charge is 0.496 e. The Hall–Kier alpha value is -3.55. The van der Waals surface area contributed by atoms with Crippen molar-refractivity contribution in [3.63, 3.8) is 0 Å². The van der Waals surface area contributed by atoms with Crippen LogP contribution in [0.5, 0.6) is 5.75 Å². The number of para-hydroxylation sites is 1. The topological polar surface area (TPSA) is 98.2 Å². The minimum atomic E-state index is -0.544.